The SMILES string of the molecule is Cc1ccc(CN(C[C@@H](O)COc2ccccc2)C2CC2)c(C)c1. The van der Waals surface area contributed by atoms with Gasteiger partial charge in [0.25, 0.3) is 0 Å². The first kappa shape index (κ1) is 17.0. The quantitative estimate of drug-likeness (QED) is 0.803. The molecule has 0 spiro atoms. The van der Waals surface area contributed by atoms with Crippen LogP contribution >= 0.6 is 0 Å². The van der Waals surface area contributed by atoms with Crippen molar-refractivity contribution in [2.75, 3.05) is 13.2 Å². The van der Waals surface area contributed by atoms with E-state index in [1.165, 1.54) is 29.5 Å². The van der Waals surface area contributed by atoms with Gasteiger partial charge < -0.3 is 9.84 Å². The Kier molecular flexibility index (Phi) is 5.54. The predicted octanol–water partition coefficient (Wildman–Crippen LogP) is 3.71. The van der Waals surface area contributed by atoms with Crippen LogP contribution in [0.3, 0.4) is 0 Å². The summed E-state index contributed by atoms with van der Waals surface area (Å²) >= 11 is 0. The molecule has 3 heteroatoms. The summed E-state index contributed by atoms with van der Waals surface area (Å²) in [7, 11) is 0. The number of para-hydroxylation sites is 1. The number of hydrogen-bond donors (Lipinski definition) is 1. The van der Waals surface area contributed by atoms with Crippen molar-refractivity contribution in [3.05, 3.63) is 65.2 Å². The van der Waals surface area contributed by atoms with Crippen molar-refractivity contribution in [3.8, 4) is 5.75 Å². The molecule has 24 heavy (non-hydrogen) atoms. The second-order valence-electron chi connectivity index (χ2n) is 6.87. The number of aliphatic hydroxyl groups is 1. The van der Waals surface area contributed by atoms with E-state index < -0.39 is 6.10 Å². The number of aliphatic hydroxyl groups excluding tert-OH is 1. The largest absolute Gasteiger partial charge is 0.491 e. The number of hydrogen-bond acceptors (Lipinski definition) is 3. The van der Waals surface area contributed by atoms with Gasteiger partial charge in [-0.25, -0.2) is 0 Å². The minimum atomic E-state index is -0.475. The summed E-state index contributed by atoms with van der Waals surface area (Å²) in [5.41, 5.74) is 3.98. The first-order valence-corrected chi connectivity index (χ1v) is 8.78. The second kappa shape index (κ2) is 7.82. The van der Waals surface area contributed by atoms with Gasteiger partial charge in [0.05, 0.1) is 0 Å². The zero-order valence-electron chi connectivity index (χ0n) is 14.6. The number of ether oxygens (including phenoxy) is 1. The van der Waals surface area contributed by atoms with Gasteiger partial charge >= 0.3 is 0 Å². The summed E-state index contributed by atoms with van der Waals surface area (Å²) in [4.78, 5) is 2.40. The molecule has 1 saturated carbocycles. The number of rotatable bonds is 8. The molecule has 0 amide bonds. The first-order valence-electron chi connectivity index (χ1n) is 8.78. The van der Waals surface area contributed by atoms with Crippen molar-refractivity contribution in [1.29, 1.82) is 0 Å². The lowest BCUT2D eigenvalue weighted by molar-refractivity contribution is 0.0626. The van der Waals surface area contributed by atoms with E-state index in [4.69, 9.17) is 4.74 Å². The average molecular weight is 325 g/mol. The molecule has 2 aromatic rings. The van der Waals surface area contributed by atoms with E-state index in [2.05, 4.69) is 36.9 Å². The molecule has 0 unspecified atom stereocenters. The highest BCUT2D eigenvalue weighted by Crippen LogP contribution is 2.29. The molecule has 0 saturated heterocycles. The highest BCUT2D eigenvalue weighted by molar-refractivity contribution is 5.30. The number of benzene rings is 2. The van der Waals surface area contributed by atoms with Crippen molar-refractivity contribution in [2.24, 2.45) is 0 Å². The van der Waals surface area contributed by atoms with E-state index in [-0.39, 0.29) is 0 Å². The summed E-state index contributed by atoms with van der Waals surface area (Å²) in [6, 6.07) is 16.9. The van der Waals surface area contributed by atoms with E-state index in [1.54, 1.807) is 0 Å². The lowest BCUT2D eigenvalue weighted by Crippen LogP contribution is -2.36. The lowest BCUT2D eigenvalue weighted by Gasteiger charge is -2.26. The van der Waals surface area contributed by atoms with Gasteiger partial charge in [0.2, 0.25) is 0 Å². The summed E-state index contributed by atoms with van der Waals surface area (Å²) in [5.74, 6) is 0.809. The Morgan fingerprint density at radius 1 is 1.12 bits per heavy atom. The van der Waals surface area contributed by atoms with Crippen LogP contribution < -0.4 is 4.74 Å². The first-order chi connectivity index (χ1) is 11.6. The third kappa shape index (κ3) is 4.83. The minimum Gasteiger partial charge on any atom is -0.491 e. The van der Waals surface area contributed by atoms with Crippen LogP contribution in [0, 0.1) is 13.8 Å². The number of nitrogens with zero attached hydrogens (tertiary/aromatic N) is 1. The zero-order chi connectivity index (χ0) is 16.9. The molecule has 1 N–H and O–H groups in total. The van der Waals surface area contributed by atoms with Gasteiger partial charge in [-0.15, -0.1) is 0 Å². The summed E-state index contributed by atoms with van der Waals surface area (Å²) in [6.07, 6.45) is 1.99. The Balaban J connectivity index is 1.55. The lowest BCUT2D eigenvalue weighted by atomic mass is 10.1. The highest BCUT2D eigenvalue weighted by atomic mass is 16.5. The summed E-state index contributed by atoms with van der Waals surface area (Å²) in [5, 5.41) is 10.4. The highest BCUT2D eigenvalue weighted by Gasteiger charge is 2.30. The van der Waals surface area contributed by atoms with Crippen molar-refractivity contribution in [1.82, 2.24) is 4.90 Å². The molecule has 3 rings (SSSR count). The van der Waals surface area contributed by atoms with E-state index in [9.17, 15) is 5.11 Å². The van der Waals surface area contributed by atoms with E-state index >= 15 is 0 Å². The van der Waals surface area contributed by atoms with Crippen molar-refractivity contribution < 1.29 is 9.84 Å². The third-order valence-electron chi connectivity index (χ3n) is 4.57. The Morgan fingerprint density at radius 2 is 1.88 bits per heavy atom. The number of aryl methyl sites for hydroxylation is 2. The maximum atomic E-state index is 10.4. The van der Waals surface area contributed by atoms with Crippen LogP contribution in [0.5, 0.6) is 5.75 Å². The van der Waals surface area contributed by atoms with Gasteiger partial charge in [0.1, 0.15) is 18.5 Å². The van der Waals surface area contributed by atoms with E-state index in [0.29, 0.717) is 19.2 Å². The van der Waals surface area contributed by atoms with Gasteiger partial charge in [0.15, 0.2) is 0 Å². The van der Waals surface area contributed by atoms with Crippen LogP contribution in [-0.4, -0.2) is 35.3 Å². The molecule has 0 radical (unpaired) electrons. The Labute approximate surface area is 144 Å². The molecule has 0 heterocycles. The van der Waals surface area contributed by atoms with Crippen LogP contribution in [0.2, 0.25) is 0 Å². The maximum Gasteiger partial charge on any atom is 0.119 e. The monoisotopic (exact) mass is 325 g/mol. The maximum absolute atomic E-state index is 10.4. The normalized spacial score (nSPS) is 15.5. The summed E-state index contributed by atoms with van der Waals surface area (Å²) in [6.45, 7) is 6.19. The van der Waals surface area contributed by atoms with Gasteiger partial charge in [-0.2, -0.15) is 0 Å². The Hall–Kier alpha value is -1.84. The second-order valence-corrected chi connectivity index (χ2v) is 6.87. The smallest absolute Gasteiger partial charge is 0.119 e. The van der Waals surface area contributed by atoms with Gasteiger partial charge in [-0.05, 0) is 49.9 Å². The fourth-order valence-electron chi connectivity index (χ4n) is 3.06. The molecule has 0 aromatic heterocycles. The van der Waals surface area contributed by atoms with Gasteiger partial charge in [0, 0.05) is 19.1 Å². The van der Waals surface area contributed by atoms with Gasteiger partial charge in [-0.3, -0.25) is 4.90 Å². The van der Waals surface area contributed by atoms with Crippen molar-refractivity contribution in [3.63, 3.8) is 0 Å². The van der Waals surface area contributed by atoms with E-state index in [0.717, 1.165) is 12.3 Å². The molecule has 1 fully saturated rings. The van der Waals surface area contributed by atoms with Crippen molar-refractivity contribution >= 4 is 0 Å². The van der Waals surface area contributed by atoms with Crippen LogP contribution in [0.15, 0.2) is 48.5 Å². The summed E-state index contributed by atoms with van der Waals surface area (Å²) < 4.78 is 5.68. The topological polar surface area (TPSA) is 32.7 Å². The standard InChI is InChI=1S/C21H27NO2/c1-16-8-9-18(17(2)12-16)13-22(19-10-11-19)14-20(23)15-24-21-6-4-3-5-7-21/h3-9,12,19-20,23H,10-11,13-15H2,1-2H3/t20-/m1/s1. The molecule has 3 nitrogen and oxygen atoms in total. The molecular formula is C21H27NO2. The Bertz CT molecular complexity index is 652. The minimum absolute atomic E-state index is 0.333. The third-order valence-corrected chi connectivity index (χ3v) is 4.57. The zero-order valence-corrected chi connectivity index (χ0v) is 14.6. The predicted molar refractivity (Wildman–Crippen MR) is 97.3 cm³/mol. The van der Waals surface area contributed by atoms with Crippen LogP contribution in [-0.2, 0) is 6.54 Å². The molecule has 2 aromatic carbocycles. The molecule has 1 aliphatic rings. The van der Waals surface area contributed by atoms with Gasteiger partial charge in [-0.1, -0.05) is 42.0 Å². The molecule has 128 valence electrons. The molecular weight excluding hydrogens is 298 g/mol. The van der Waals surface area contributed by atoms with Crippen LogP contribution in [0.1, 0.15) is 29.5 Å². The van der Waals surface area contributed by atoms with Crippen molar-refractivity contribution in [2.45, 2.75) is 45.4 Å². The molecule has 1 atom stereocenters. The van der Waals surface area contributed by atoms with Crippen LogP contribution in [0.25, 0.3) is 0 Å². The molecule has 0 bridgehead atoms. The fourth-order valence-corrected chi connectivity index (χ4v) is 3.06. The van der Waals surface area contributed by atoms with E-state index in [1.807, 2.05) is 30.3 Å². The Morgan fingerprint density at radius 3 is 2.54 bits per heavy atom. The molecule has 1 aliphatic carbocycles. The van der Waals surface area contributed by atoms with Crippen LogP contribution in [0.4, 0.5) is 0 Å². The molecule has 0 aliphatic heterocycles. The fraction of sp³-hybridized carbons (Fsp3) is 0.429. The average Bonchev–Trinajstić information content (AvgIpc) is 3.40.